The zero-order valence-electron chi connectivity index (χ0n) is 12.5. The smallest absolute Gasteiger partial charge is 0.273 e. The summed E-state index contributed by atoms with van der Waals surface area (Å²) in [5.74, 6) is -0.243. The molecular formula is C14H21ClN4O3. The molecule has 2 aliphatic heterocycles. The third kappa shape index (κ3) is 3.12. The highest BCUT2D eigenvalue weighted by molar-refractivity contribution is 6.34. The van der Waals surface area contributed by atoms with Gasteiger partial charge < -0.3 is 15.2 Å². The summed E-state index contributed by atoms with van der Waals surface area (Å²) < 4.78 is 5.74. The van der Waals surface area contributed by atoms with E-state index in [1.807, 2.05) is 0 Å². The molecule has 0 aliphatic carbocycles. The topological polar surface area (TPSA) is 90.5 Å². The fraction of sp³-hybridized carbons (Fsp3) is 0.714. The van der Waals surface area contributed by atoms with Gasteiger partial charge in [-0.25, -0.2) is 0 Å². The Morgan fingerprint density at radius 2 is 2.41 bits per heavy atom. The highest BCUT2D eigenvalue weighted by atomic mass is 35.5. The Morgan fingerprint density at radius 1 is 1.59 bits per heavy atom. The van der Waals surface area contributed by atoms with Gasteiger partial charge in [0.2, 0.25) is 0 Å². The van der Waals surface area contributed by atoms with Crippen LogP contribution in [0.25, 0.3) is 0 Å². The predicted octanol–water partition coefficient (Wildman–Crippen LogP) is 0.325. The van der Waals surface area contributed by atoms with Crippen LogP contribution < -0.4 is 5.32 Å². The maximum atomic E-state index is 12.2. The molecule has 1 aromatic heterocycles. The van der Waals surface area contributed by atoms with E-state index < -0.39 is 0 Å². The number of hydrogen-bond acceptors (Lipinski definition) is 5. The molecule has 1 amide bonds. The summed E-state index contributed by atoms with van der Waals surface area (Å²) in [7, 11) is 0. The van der Waals surface area contributed by atoms with E-state index in [1.54, 1.807) is 6.92 Å². The lowest BCUT2D eigenvalue weighted by Gasteiger charge is -2.34. The van der Waals surface area contributed by atoms with Crippen LogP contribution in [0.1, 0.15) is 29.0 Å². The van der Waals surface area contributed by atoms with Gasteiger partial charge in [-0.15, -0.1) is 0 Å². The maximum Gasteiger partial charge on any atom is 0.273 e. The number of nitrogens with zero attached hydrogens (tertiary/aromatic N) is 2. The number of morpholine rings is 1. The van der Waals surface area contributed by atoms with Crippen molar-refractivity contribution in [1.29, 1.82) is 0 Å². The van der Waals surface area contributed by atoms with Crippen molar-refractivity contribution < 1.29 is 14.6 Å². The van der Waals surface area contributed by atoms with Crippen molar-refractivity contribution in [3.05, 3.63) is 16.4 Å². The minimum atomic E-state index is -0.243. The van der Waals surface area contributed by atoms with Gasteiger partial charge >= 0.3 is 0 Å². The lowest BCUT2D eigenvalue weighted by atomic mass is 10.1. The van der Waals surface area contributed by atoms with E-state index in [9.17, 15) is 4.79 Å². The number of rotatable bonds is 4. The lowest BCUT2D eigenvalue weighted by molar-refractivity contribution is -0.0566. The van der Waals surface area contributed by atoms with Gasteiger partial charge in [0.25, 0.3) is 5.91 Å². The highest BCUT2D eigenvalue weighted by Gasteiger charge is 2.38. The van der Waals surface area contributed by atoms with Crippen LogP contribution in [0.4, 0.5) is 0 Å². The molecule has 2 saturated heterocycles. The largest absolute Gasteiger partial charge is 0.396 e. The molecule has 3 atom stereocenters. The first-order chi connectivity index (χ1) is 10.6. The number of nitrogens with one attached hydrogen (secondary N) is 2. The number of hydrogen-bond donors (Lipinski definition) is 3. The van der Waals surface area contributed by atoms with Crippen LogP contribution in [0.15, 0.2) is 0 Å². The first-order valence-electron chi connectivity index (χ1n) is 7.56. The average molecular weight is 329 g/mol. The Balaban J connectivity index is 1.57. The second-order valence-electron chi connectivity index (χ2n) is 5.99. The molecule has 3 N–H and O–H groups in total. The van der Waals surface area contributed by atoms with Crippen LogP contribution in [0.2, 0.25) is 5.02 Å². The van der Waals surface area contributed by atoms with Crippen molar-refractivity contribution in [2.75, 3.05) is 26.3 Å². The van der Waals surface area contributed by atoms with Crippen LogP contribution in [0.5, 0.6) is 0 Å². The number of aromatic amines is 1. The Hall–Kier alpha value is -1.15. The van der Waals surface area contributed by atoms with Crippen molar-refractivity contribution in [2.24, 2.45) is 0 Å². The summed E-state index contributed by atoms with van der Waals surface area (Å²) in [4.78, 5) is 14.6. The lowest BCUT2D eigenvalue weighted by Crippen LogP contribution is -2.46. The summed E-state index contributed by atoms with van der Waals surface area (Å²) in [6.45, 7) is 4.17. The van der Waals surface area contributed by atoms with Gasteiger partial charge in [0.15, 0.2) is 5.69 Å². The second kappa shape index (κ2) is 6.54. The fourth-order valence-electron chi connectivity index (χ4n) is 3.19. The molecule has 2 fully saturated rings. The number of carbonyl (C=O) groups is 1. The van der Waals surface area contributed by atoms with Gasteiger partial charge in [0.1, 0.15) is 0 Å². The minimum absolute atomic E-state index is 0.0713. The van der Waals surface area contributed by atoms with E-state index in [4.69, 9.17) is 21.4 Å². The van der Waals surface area contributed by atoms with E-state index in [2.05, 4.69) is 20.4 Å². The zero-order valence-corrected chi connectivity index (χ0v) is 13.3. The molecule has 7 nitrogen and oxygen atoms in total. The molecule has 0 aromatic carbocycles. The quantitative estimate of drug-likeness (QED) is 0.741. The van der Waals surface area contributed by atoms with E-state index in [1.165, 1.54) is 0 Å². The first-order valence-corrected chi connectivity index (χ1v) is 7.94. The third-order valence-electron chi connectivity index (χ3n) is 4.36. The van der Waals surface area contributed by atoms with Crippen LogP contribution in [-0.2, 0) is 4.74 Å². The molecule has 0 bridgehead atoms. The number of fused-ring (bicyclic) bond motifs is 1. The van der Waals surface area contributed by atoms with Gasteiger partial charge in [-0.3, -0.25) is 14.8 Å². The monoisotopic (exact) mass is 328 g/mol. The molecule has 0 radical (unpaired) electrons. The Labute approximate surface area is 134 Å². The van der Waals surface area contributed by atoms with Crippen LogP contribution in [-0.4, -0.2) is 70.6 Å². The molecular weight excluding hydrogens is 308 g/mol. The third-order valence-corrected chi connectivity index (χ3v) is 4.83. The van der Waals surface area contributed by atoms with Crippen molar-refractivity contribution in [1.82, 2.24) is 20.4 Å². The summed E-state index contributed by atoms with van der Waals surface area (Å²) >= 11 is 6.06. The number of aliphatic hydroxyl groups excluding tert-OH is 1. The van der Waals surface area contributed by atoms with Crippen LogP contribution in [0.3, 0.4) is 0 Å². The van der Waals surface area contributed by atoms with E-state index in [0.717, 1.165) is 19.5 Å². The van der Waals surface area contributed by atoms with Gasteiger partial charge in [-0.1, -0.05) is 11.6 Å². The number of ether oxygens (including phenoxy) is 1. The van der Waals surface area contributed by atoms with Gasteiger partial charge in [-0.05, 0) is 19.8 Å². The van der Waals surface area contributed by atoms with E-state index >= 15 is 0 Å². The maximum absolute atomic E-state index is 12.2. The fourth-order valence-corrected chi connectivity index (χ4v) is 3.36. The number of halogens is 1. The molecule has 8 heteroatoms. The number of aryl methyl sites for hydroxylation is 1. The Morgan fingerprint density at radius 3 is 3.09 bits per heavy atom. The first kappa shape index (κ1) is 15.7. The van der Waals surface area contributed by atoms with Crippen molar-refractivity contribution >= 4 is 17.5 Å². The minimum Gasteiger partial charge on any atom is -0.396 e. The average Bonchev–Trinajstić information content (AvgIpc) is 3.03. The standard InChI is InChI=1S/C14H21ClN4O3/c1-8-12(15)13(18-17-8)14(21)16-9-4-10-7-22-11(2-3-20)6-19(10)5-9/h9-11,20H,2-7H2,1H3,(H,16,21)(H,17,18)/t9-,10-,11-/m0/s1. The summed E-state index contributed by atoms with van der Waals surface area (Å²) in [6, 6.07) is 0.402. The van der Waals surface area contributed by atoms with Crippen molar-refractivity contribution in [3.63, 3.8) is 0 Å². The Kier molecular flexibility index (Phi) is 4.67. The van der Waals surface area contributed by atoms with E-state index in [0.29, 0.717) is 29.8 Å². The van der Waals surface area contributed by atoms with E-state index in [-0.39, 0.29) is 30.4 Å². The summed E-state index contributed by atoms with van der Waals surface area (Å²) in [6.07, 6.45) is 1.60. The summed E-state index contributed by atoms with van der Waals surface area (Å²) in [5.41, 5.74) is 0.939. The van der Waals surface area contributed by atoms with Gasteiger partial charge in [-0.2, -0.15) is 5.10 Å². The molecule has 1 aromatic rings. The number of aromatic nitrogens is 2. The SMILES string of the molecule is Cc1[nH]nc(C(=O)N[C@H]2C[C@H]3CO[C@@H](CCO)CN3C2)c1Cl. The number of carbonyl (C=O) groups excluding carboxylic acids is 1. The molecule has 0 spiro atoms. The number of aliphatic hydroxyl groups is 1. The molecule has 3 heterocycles. The van der Waals surface area contributed by atoms with Crippen molar-refractivity contribution in [2.45, 2.75) is 38.0 Å². The molecule has 0 saturated carbocycles. The molecule has 122 valence electrons. The molecule has 0 unspecified atom stereocenters. The van der Waals surface area contributed by atoms with Crippen LogP contribution >= 0.6 is 11.6 Å². The molecule has 2 aliphatic rings. The number of amides is 1. The number of H-pyrrole nitrogens is 1. The van der Waals surface area contributed by atoms with Gasteiger partial charge in [0.05, 0.1) is 23.4 Å². The zero-order chi connectivity index (χ0) is 15.7. The van der Waals surface area contributed by atoms with Crippen molar-refractivity contribution in [3.8, 4) is 0 Å². The predicted molar refractivity (Wildman–Crippen MR) is 81.0 cm³/mol. The molecule has 3 rings (SSSR count). The highest BCUT2D eigenvalue weighted by Crippen LogP contribution is 2.25. The summed E-state index contributed by atoms with van der Waals surface area (Å²) in [5, 5.41) is 19.0. The van der Waals surface area contributed by atoms with Gasteiger partial charge in [0, 0.05) is 31.8 Å². The van der Waals surface area contributed by atoms with Crippen LogP contribution in [0, 0.1) is 6.92 Å². The molecule has 22 heavy (non-hydrogen) atoms. The second-order valence-corrected chi connectivity index (χ2v) is 6.37. The Bertz CT molecular complexity index is 550. The normalized spacial score (nSPS) is 28.6.